The highest BCUT2D eigenvalue weighted by Crippen LogP contribution is 2.40. The molecule has 2 aromatic heterocycles. The molecule has 0 aliphatic carbocycles. The molecule has 0 amide bonds. The fraction of sp³-hybridized carbons (Fsp3) is 0.412. The highest BCUT2D eigenvalue weighted by atomic mass is 19.1. The van der Waals surface area contributed by atoms with E-state index < -0.39 is 11.6 Å². The third-order valence-electron chi connectivity index (χ3n) is 9.15. The number of rotatable bonds is 7. The normalized spacial score (nSPS) is 21.2. The molecule has 8 nitrogen and oxygen atoms in total. The molecule has 5 heterocycles. The summed E-state index contributed by atoms with van der Waals surface area (Å²) in [6, 6.07) is 8.23. The minimum Gasteiger partial charge on any atom is -0.508 e. The van der Waals surface area contributed by atoms with Crippen LogP contribution in [0.4, 0.5) is 14.5 Å². The highest BCUT2D eigenvalue weighted by molar-refractivity contribution is 6.03. The number of piperazine rings is 1. The number of pyridine rings is 2. The molecule has 2 bridgehead atoms. The average molecular weight is 599 g/mol. The van der Waals surface area contributed by atoms with E-state index in [1.807, 2.05) is 6.07 Å². The summed E-state index contributed by atoms with van der Waals surface area (Å²) in [6.45, 7) is 4.68. The van der Waals surface area contributed by atoms with Crippen molar-refractivity contribution in [1.29, 1.82) is 0 Å². The number of hydrogen-bond donors (Lipinski definition) is 2. The summed E-state index contributed by atoms with van der Waals surface area (Å²) in [4.78, 5) is 16.0. The monoisotopic (exact) mass is 598 g/mol. The summed E-state index contributed by atoms with van der Waals surface area (Å²) in [5, 5.41) is 15.5. The number of nitrogens with one attached hydrogen (secondary N) is 1. The Labute approximate surface area is 255 Å². The van der Waals surface area contributed by atoms with Crippen LogP contribution in [0.5, 0.6) is 11.6 Å². The van der Waals surface area contributed by atoms with Gasteiger partial charge in [0.15, 0.2) is 5.82 Å². The van der Waals surface area contributed by atoms with E-state index in [9.17, 15) is 9.50 Å². The third kappa shape index (κ3) is 4.99. The number of anilines is 1. The topological polar surface area (TPSA) is 77.0 Å². The van der Waals surface area contributed by atoms with E-state index in [1.54, 1.807) is 6.20 Å². The molecule has 4 aromatic rings. The summed E-state index contributed by atoms with van der Waals surface area (Å²) in [6.07, 6.45) is 9.51. The molecule has 0 radical (unpaired) electrons. The van der Waals surface area contributed by atoms with Gasteiger partial charge in [-0.1, -0.05) is 12.0 Å². The number of hydrogen-bond acceptors (Lipinski definition) is 8. The van der Waals surface area contributed by atoms with E-state index in [0.29, 0.717) is 40.7 Å². The first-order valence-electron chi connectivity index (χ1n) is 15.0. The smallest absolute Gasteiger partial charge is 0.216 e. The first kappa shape index (κ1) is 28.7. The van der Waals surface area contributed by atoms with Crippen LogP contribution in [0.1, 0.15) is 18.4 Å². The molecule has 10 heteroatoms. The molecule has 0 spiro atoms. The number of halogens is 2. The fourth-order valence-electron chi connectivity index (χ4n) is 7.61. The van der Waals surface area contributed by atoms with E-state index >= 15 is 4.39 Å². The lowest BCUT2D eigenvalue weighted by Crippen LogP contribution is -2.61. The fourth-order valence-corrected chi connectivity index (χ4v) is 7.61. The molecule has 2 atom stereocenters. The molecule has 0 saturated carbocycles. The Bertz CT molecular complexity index is 1800. The van der Waals surface area contributed by atoms with E-state index in [1.165, 1.54) is 24.3 Å². The molecule has 3 aliphatic rings. The molecule has 2 aromatic carbocycles. The van der Waals surface area contributed by atoms with Crippen LogP contribution in [0, 0.1) is 29.4 Å². The van der Waals surface area contributed by atoms with Crippen molar-refractivity contribution in [3.63, 3.8) is 0 Å². The predicted octanol–water partition coefficient (Wildman–Crippen LogP) is 4.23. The van der Waals surface area contributed by atoms with Gasteiger partial charge in [-0.3, -0.25) is 4.98 Å². The lowest BCUT2D eigenvalue weighted by atomic mass is 9.80. The Balaban J connectivity index is 1.37. The van der Waals surface area contributed by atoms with Crippen molar-refractivity contribution in [2.45, 2.75) is 24.9 Å². The molecule has 2 N–H and O–H groups in total. The Morgan fingerprint density at radius 1 is 1.16 bits per heavy atom. The first-order valence-corrected chi connectivity index (χ1v) is 15.0. The zero-order chi connectivity index (χ0) is 30.7. The summed E-state index contributed by atoms with van der Waals surface area (Å²) < 4.78 is 38.0. The maximum absolute atomic E-state index is 16.8. The average Bonchev–Trinajstić information content (AvgIpc) is 3.31. The van der Waals surface area contributed by atoms with Crippen molar-refractivity contribution in [2.24, 2.45) is 5.41 Å². The number of fused-ring (bicyclic) bond motifs is 4. The van der Waals surface area contributed by atoms with Crippen LogP contribution in [-0.4, -0.2) is 97.4 Å². The van der Waals surface area contributed by atoms with E-state index in [2.05, 4.69) is 52.1 Å². The number of nitrogens with zero attached hydrogens (tertiary/aromatic N) is 5. The maximum atomic E-state index is 16.8. The largest absolute Gasteiger partial charge is 0.508 e. The van der Waals surface area contributed by atoms with E-state index in [4.69, 9.17) is 16.1 Å². The summed E-state index contributed by atoms with van der Waals surface area (Å²) >= 11 is 0. The lowest BCUT2D eigenvalue weighted by molar-refractivity contribution is -0.0342. The van der Waals surface area contributed by atoms with Crippen LogP contribution in [-0.2, 0) is 0 Å². The number of likely N-dealkylation sites (tertiary alicyclic amines) is 1. The quantitative estimate of drug-likeness (QED) is 0.307. The molecule has 2 unspecified atom stereocenters. The van der Waals surface area contributed by atoms with E-state index in [0.717, 1.165) is 51.3 Å². The van der Waals surface area contributed by atoms with Crippen molar-refractivity contribution < 1.29 is 18.6 Å². The second-order valence-electron chi connectivity index (χ2n) is 13.1. The van der Waals surface area contributed by atoms with Gasteiger partial charge in [-0.05, 0) is 57.6 Å². The summed E-state index contributed by atoms with van der Waals surface area (Å²) in [7, 11) is 6.20. The van der Waals surface area contributed by atoms with Crippen molar-refractivity contribution in [1.82, 2.24) is 25.1 Å². The van der Waals surface area contributed by atoms with Crippen LogP contribution in [0.25, 0.3) is 32.9 Å². The van der Waals surface area contributed by atoms with Gasteiger partial charge >= 0.3 is 0 Å². The second-order valence-corrected chi connectivity index (χ2v) is 13.1. The van der Waals surface area contributed by atoms with Gasteiger partial charge in [0.25, 0.3) is 0 Å². The zero-order valence-electron chi connectivity index (χ0n) is 25.2. The Hall–Kier alpha value is -4.04. The summed E-state index contributed by atoms with van der Waals surface area (Å²) in [5.41, 5.74) is 0.991. The molecule has 228 valence electrons. The number of ether oxygens (including phenoxy) is 1. The second kappa shape index (κ2) is 10.8. The standard InChI is InChI=1S/C34H36F2N6O2/c1-5-24-27(35)9-6-20-10-23(43)11-25(30(20)24)32-31(36)33-26(13-37-32)28(42-14-21-7-8-22(15-42)38-21)12-29(39-33)44-19-34(16-40(2)3)17-41(4)18-34/h1,6,9-13,21-22,38,43H,7-8,14-19H2,2-4H3. The first-order chi connectivity index (χ1) is 21.1. The van der Waals surface area contributed by atoms with Crippen LogP contribution in [0.2, 0.25) is 0 Å². The number of terminal acetylenes is 1. The van der Waals surface area contributed by atoms with Gasteiger partial charge < -0.3 is 29.9 Å². The van der Waals surface area contributed by atoms with Crippen molar-refractivity contribution in [3.05, 3.63) is 53.7 Å². The Kier molecular flexibility index (Phi) is 7.08. The van der Waals surface area contributed by atoms with Crippen LogP contribution in [0.3, 0.4) is 0 Å². The van der Waals surface area contributed by atoms with Gasteiger partial charge in [-0.25, -0.2) is 13.8 Å². The van der Waals surface area contributed by atoms with E-state index in [-0.39, 0.29) is 33.5 Å². The van der Waals surface area contributed by atoms with Gasteiger partial charge in [0, 0.05) is 78.8 Å². The molecular weight excluding hydrogens is 562 g/mol. The number of phenolic OH excluding ortho intramolecular Hbond substituents is 1. The highest BCUT2D eigenvalue weighted by Gasteiger charge is 2.42. The SMILES string of the molecule is C#Cc1c(F)ccc2cc(O)cc(-c3ncc4c(N5CC6CCC(C5)N6)cc(OCC5(CN(C)C)CN(C)C5)nc4c3F)c12. The maximum Gasteiger partial charge on any atom is 0.216 e. The third-order valence-corrected chi connectivity index (χ3v) is 9.15. The number of benzene rings is 2. The van der Waals surface area contributed by atoms with Crippen molar-refractivity contribution in [3.8, 4) is 35.2 Å². The number of aromatic nitrogens is 2. The lowest BCUT2D eigenvalue weighted by Gasteiger charge is -2.49. The van der Waals surface area contributed by atoms with Crippen molar-refractivity contribution >= 4 is 27.4 Å². The predicted molar refractivity (Wildman–Crippen MR) is 168 cm³/mol. The van der Waals surface area contributed by atoms with Crippen LogP contribution in [0.15, 0.2) is 36.5 Å². The Morgan fingerprint density at radius 2 is 1.91 bits per heavy atom. The summed E-state index contributed by atoms with van der Waals surface area (Å²) in [5.74, 6) is 1.34. The molecule has 44 heavy (non-hydrogen) atoms. The van der Waals surface area contributed by atoms with Gasteiger partial charge in [0.1, 0.15) is 22.8 Å². The number of aromatic hydroxyl groups is 1. The van der Waals surface area contributed by atoms with Gasteiger partial charge in [-0.15, -0.1) is 6.42 Å². The number of phenols is 1. The van der Waals surface area contributed by atoms with Gasteiger partial charge in [-0.2, -0.15) is 0 Å². The van der Waals surface area contributed by atoms with Crippen molar-refractivity contribution in [2.75, 3.05) is 65.4 Å². The molecule has 3 fully saturated rings. The Morgan fingerprint density at radius 3 is 2.59 bits per heavy atom. The molecule has 3 saturated heterocycles. The molecule has 3 aliphatic heterocycles. The minimum atomic E-state index is -0.683. The zero-order valence-corrected chi connectivity index (χ0v) is 25.2. The van der Waals surface area contributed by atoms with Crippen LogP contribution >= 0.6 is 0 Å². The minimum absolute atomic E-state index is 0.0162. The van der Waals surface area contributed by atoms with Crippen LogP contribution < -0.4 is 15.0 Å². The molecule has 7 rings (SSSR count). The van der Waals surface area contributed by atoms with Gasteiger partial charge in [0.2, 0.25) is 5.88 Å². The molecular formula is C34H36F2N6O2. The van der Waals surface area contributed by atoms with Gasteiger partial charge in [0.05, 0.1) is 17.9 Å².